The number of fused-ring (bicyclic) bond motifs is 1. The summed E-state index contributed by atoms with van der Waals surface area (Å²) in [6, 6.07) is 4.40. The summed E-state index contributed by atoms with van der Waals surface area (Å²) in [5.74, 6) is -0.866. The Balaban J connectivity index is 2.34. The predicted molar refractivity (Wildman–Crippen MR) is 68.0 cm³/mol. The molecule has 19 heavy (non-hydrogen) atoms. The van der Waals surface area contributed by atoms with Crippen molar-refractivity contribution in [2.24, 2.45) is 0 Å². The number of benzene rings is 1. The van der Waals surface area contributed by atoms with Crippen LogP contribution in [0.1, 0.15) is 25.8 Å². The molecule has 0 fully saturated rings. The monoisotopic (exact) mass is 263 g/mol. The van der Waals surface area contributed by atoms with E-state index in [9.17, 15) is 14.9 Å². The van der Waals surface area contributed by atoms with Crippen LogP contribution in [0, 0.1) is 10.1 Å². The first-order chi connectivity index (χ1) is 8.99. The summed E-state index contributed by atoms with van der Waals surface area (Å²) in [4.78, 5) is 20.9. The fourth-order valence-corrected chi connectivity index (χ4v) is 1.95. The molecule has 2 aromatic rings. The van der Waals surface area contributed by atoms with Crippen molar-refractivity contribution >= 4 is 22.6 Å². The topological polar surface area (TPSA) is 98.3 Å². The van der Waals surface area contributed by atoms with Gasteiger partial charge >= 0.3 is 5.97 Å². The number of rotatable bonds is 5. The lowest BCUT2D eigenvalue weighted by atomic mass is 10.1. The number of aromatic nitrogens is 2. The number of nitro benzene ring substituents is 1. The van der Waals surface area contributed by atoms with Crippen molar-refractivity contribution in [3.05, 3.63) is 34.5 Å². The normalized spacial score (nSPS) is 12.5. The quantitative estimate of drug-likeness (QED) is 0.659. The van der Waals surface area contributed by atoms with Gasteiger partial charge in [0.05, 0.1) is 22.7 Å². The Morgan fingerprint density at radius 3 is 2.95 bits per heavy atom. The molecule has 1 atom stereocenters. The summed E-state index contributed by atoms with van der Waals surface area (Å²) in [6.45, 7) is 1.84. The van der Waals surface area contributed by atoms with Crippen molar-refractivity contribution in [1.82, 2.24) is 9.78 Å². The van der Waals surface area contributed by atoms with Crippen LogP contribution in [0.5, 0.6) is 0 Å². The first-order valence-electron chi connectivity index (χ1n) is 5.82. The summed E-state index contributed by atoms with van der Waals surface area (Å²) in [7, 11) is 0. The maximum absolute atomic E-state index is 10.8. The first-order valence-corrected chi connectivity index (χ1v) is 5.82. The summed E-state index contributed by atoms with van der Waals surface area (Å²) in [5.41, 5.74) is 0.645. The summed E-state index contributed by atoms with van der Waals surface area (Å²) in [6.07, 6.45) is 2.09. The van der Waals surface area contributed by atoms with E-state index in [1.165, 1.54) is 12.1 Å². The summed E-state index contributed by atoms with van der Waals surface area (Å²) in [5, 5.41) is 24.4. The molecule has 7 nitrogen and oxygen atoms in total. The van der Waals surface area contributed by atoms with Crippen molar-refractivity contribution < 1.29 is 14.8 Å². The van der Waals surface area contributed by atoms with E-state index in [0.717, 1.165) is 5.39 Å². The van der Waals surface area contributed by atoms with Gasteiger partial charge in [0, 0.05) is 23.9 Å². The molecular formula is C12H13N3O4. The van der Waals surface area contributed by atoms with Crippen LogP contribution in [0.25, 0.3) is 10.9 Å². The Bertz CT molecular complexity index is 635. The highest BCUT2D eigenvalue weighted by molar-refractivity contribution is 5.81. The first kappa shape index (κ1) is 13.0. The molecule has 0 radical (unpaired) electrons. The number of non-ortho nitro benzene ring substituents is 1. The molecule has 1 N–H and O–H groups in total. The molecule has 7 heteroatoms. The maximum atomic E-state index is 10.8. The summed E-state index contributed by atoms with van der Waals surface area (Å²) < 4.78 is 1.63. The third kappa shape index (κ3) is 2.70. The molecule has 0 spiro atoms. The van der Waals surface area contributed by atoms with Gasteiger partial charge in [-0.3, -0.25) is 19.6 Å². The number of nitrogens with zero attached hydrogens (tertiary/aromatic N) is 3. The van der Waals surface area contributed by atoms with E-state index in [1.807, 2.05) is 6.92 Å². The van der Waals surface area contributed by atoms with Crippen LogP contribution >= 0.6 is 0 Å². The number of hydrogen-bond donors (Lipinski definition) is 1. The molecule has 1 unspecified atom stereocenters. The minimum Gasteiger partial charge on any atom is -0.481 e. The molecule has 0 amide bonds. The zero-order valence-corrected chi connectivity index (χ0v) is 10.3. The van der Waals surface area contributed by atoms with Crippen molar-refractivity contribution in [2.75, 3.05) is 0 Å². The van der Waals surface area contributed by atoms with E-state index >= 15 is 0 Å². The fraction of sp³-hybridized carbons (Fsp3) is 0.333. The number of aliphatic carboxylic acids is 1. The molecule has 0 saturated heterocycles. The second kappa shape index (κ2) is 5.05. The lowest BCUT2D eigenvalue weighted by Crippen LogP contribution is -2.09. The van der Waals surface area contributed by atoms with Gasteiger partial charge in [-0.25, -0.2) is 0 Å². The van der Waals surface area contributed by atoms with Gasteiger partial charge in [-0.2, -0.15) is 5.10 Å². The molecule has 2 rings (SSSR count). The van der Waals surface area contributed by atoms with Gasteiger partial charge in [0.1, 0.15) is 0 Å². The zero-order valence-electron chi connectivity index (χ0n) is 10.3. The molecule has 0 bridgehead atoms. The lowest BCUT2D eigenvalue weighted by molar-refractivity contribution is -0.384. The highest BCUT2D eigenvalue weighted by Gasteiger charge is 2.14. The van der Waals surface area contributed by atoms with Gasteiger partial charge in [-0.15, -0.1) is 0 Å². The Hall–Kier alpha value is -2.44. The van der Waals surface area contributed by atoms with Crippen LogP contribution in [0.15, 0.2) is 24.4 Å². The third-order valence-electron chi connectivity index (χ3n) is 2.99. The van der Waals surface area contributed by atoms with Gasteiger partial charge in [-0.05, 0) is 19.4 Å². The SMILES string of the molecule is CC(CCC(=O)O)n1ncc2ccc([N+](=O)[O-])cc21. The van der Waals surface area contributed by atoms with Crippen molar-refractivity contribution in [1.29, 1.82) is 0 Å². The van der Waals surface area contributed by atoms with Crippen LogP contribution in [0.4, 0.5) is 5.69 Å². The Morgan fingerprint density at radius 1 is 1.58 bits per heavy atom. The molecule has 0 aliphatic rings. The van der Waals surface area contributed by atoms with Gasteiger partial charge < -0.3 is 5.11 Å². The number of hydrogen-bond acceptors (Lipinski definition) is 4. The Labute approximate surface area is 108 Å². The third-order valence-corrected chi connectivity index (χ3v) is 2.99. The van der Waals surface area contributed by atoms with Crippen LogP contribution in [0.2, 0.25) is 0 Å². The van der Waals surface area contributed by atoms with Crippen molar-refractivity contribution in [3.8, 4) is 0 Å². The fourth-order valence-electron chi connectivity index (χ4n) is 1.95. The molecule has 1 aromatic carbocycles. The number of nitro groups is 1. The zero-order chi connectivity index (χ0) is 14.0. The van der Waals surface area contributed by atoms with Crippen LogP contribution in [-0.4, -0.2) is 25.8 Å². The van der Waals surface area contributed by atoms with E-state index in [1.54, 1.807) is 16.9 Å². The molecule has 100 valence electrons. The van der Waals surface area contributed by atoms with Gasteiger partial charge in [-0.1, -0.05) is 0 Å². The minimum absolute atomic E-state index is 0.000292. The minimum atomic E-state index is -0.866. The molecule has 0 saturated carbocycles. The predicted octanol–water partition coefficient (Wildman–Crippen LogP) is 2.37. The van der Waals surface area contributed by atoms with E-state index < -0.39 is 10.9 Å². The standard InChI is InChI=1S/C12H13N3O4/c1-8(2-5-12(16)17)14-11-6-10(15(18)19)4-3-9(11)7-13-14/h3-4,6-8H,2,5H2,1H3,(H,16,17). The maximum Gasteiger partial charge on any atom is 0.303 e. The highest BCUT2D eigenvalue weighted by atomic mass is 16.6. The van der Waals surface area contributed by atoms with Crippen molar-refractivity contribution in [2.45, 2.75) is 25.8 Å². The van der Waals surface area contributed by atoms with Crippen LogP contribution in [-0.2, 0) is 4.79 Å². The van der Waals surface area contributed by atoms with Crippen molar-refractivity contribution in [3.63, 3.8) is 0 Å². The van der Waals surface area contributed by atoms with Crippen LogP contribution in [0.3, 0.4) is 0 Å². The Kier molecular flexibility index (Phi) is 3.46. The largest absolute Gasteiger partial charge is 0.481 e. The average Bonchev–Trinajstić information content (AvgIpc) is 2.78. The molecule has 0 aliphatic carbocycles. The van der Waals surface area contributed by atoms with E-state index in [4.69, 9.17) is 5.11 Å². The second-order valence-electron chi connectivity index (χ2n) is 4.37. The second-order valence-corrected chi connectivity index (χ2v) is 4.37. The number of carbonyl (C=O) groups is 1. The Morgan fingerprint density at radius 2 is 2.32 bits per heavy atom. The molecule has 1 aromatic heterocycles. The van der Waals surface area contributed by atoms with Gasteiger partial charge in [0.15, 0.2) is 0 Å². The highest BCUT2D eigenvalue weighted by Crippen LogP contribution is 2.24. The van der Waals surface area contributed by atoms with E-state index in [-0.39, 0.29) is 18.2 Å². The molecule has 1 heterocycles. The van der Waals surface area contributed by atoms with E-state index in [2.05, 4.69) is 5.10 Å². The smallest absolute Gasteiger partial charge is 0.303 e. The molecular weight excluding hydrogens is 250 g/mol. The van der Waals surface area contributed by atoms with Gasteiger partial charge in [0.25, 0.3) is 5.69 Å². The van der Waals surface area contributed by atoms with Gasteiger partial charge in [0.2, 0.25) is 0 Å². The van der Waals surface area contributed by atoms with Crippen LogP contribution < -0.4 is 0 Å². The number of carboxylic acid groups (broad SMARTS) is 1. The van der Waals surface area contributed by atoms with E-state index in [0.29, 0.717) is 11.9 Å². The lowest BCUT2D eigenvalue weighted by Gasteiger charge is -2.12. The molecule has 0 aliphatic heterocycles. The summed E-state index contributed by atoms with van der Waals surface area (Å²) >= 11 is 0. The average molecular weight is 263 g/mol. The number of carboxylic acids is 1.